The van der Waals surface area contributed by atoms with Crippen molar-refractivity contribution < 1.29 is 73.7 Å². The topological polar surface area (TPSA) is 255 Å². The van der Waals surface area contributed by atoms with E-state index in [9.17, 15) is 50.4 Å². The van der Waals surface area contributed by atoms with E-state index in [1.54, 1.807) is 0 Å². The van der Waals surface area contributed by atoms with Gasteiger partial charge in [0.25, 0.3) is 0 Å². The predicted octanol–water partition coefficient (Wildman–Crippen LogP) is -1.35. The normalized spacial score (nSPS) is 32.3. The molecule has 0 amide bonds. The van der Waals surface area contributed by atoms with Gasteiger partial charge >= 0.3 is 5.97 Å². The number of rotatable bonds is 7. The molecule has 3 heterocycles. The van der Waals surface area contributed by atoms with E-state index in [4.69, 9.17) is 28.1 Å². The molecule has 5 rings (SSSR count). The molecule has 2 fully saturated rings. The van der Waals surface area contributed by atoms with Crippen LogP contribution in [0.15, 0.2) is 45.6 Å². The van der Waals surface area contributed by atoms with Crippen LogP contribution in [0.25, 0.3) is 22.3 Å². The largest absolute Gasteiger partial charge is 0.507 e. The highest BCUT2D eigenvalue weighted by Gasteiger charge is 2.48. The smallest absolute Gasteiger partial charge is 0.335 e. The van der Waals surface area contributed by atoms with Crippen LogP contribution >= 0.6 is 0 Å². The lowest BCUT2D eigenvalue weighted by Crippen LogP contribution is -2.61. The summed E-state index contributed by atoms with van der Waals surface area (Å²) in [6.07, 6.45) is -16.0. The lowest BCUT2D eigenvalue weighted by molar-refractivity contribution is -0.271. The zero-order chi connectivity index (χ0) is 32.0. The zero-order valence-electron chi connectivity index (χ0n) is 23.1. The summed E-state index contributed by atoms with van der Waals surface area (Å²) in [7, 11) is 1.33. The van der Waals surface area contributed by atoms with Gasteiger partial charge in [0, 0.05) is 23.8 Å². The first-order valence-electron chi connectivity index (χ1n) is 13.3. The highest BCUT2D eigenvalue weighted by Crippen LogP contribution is 2.37. The van der Waals surface area contributed by atoms with Gasteiger partial charge in [0.05, 0.1) is 13.2 Å². The van der Waals surface area contributed by atoms with Gasteiger partial charge in [0.2, 0.25) is 12.6 Å². The Labute approximate surface area is 247 Å². The SMILES string of the molecule is COc1cc(-c2cc(=O)c3c(O)cc(O[C@@H]4O[C@H](C(=O)O)[C@@H](O)[C@H](O)[C@H]4O)cc3o2)ccc1O[C@@H]1O[C@@H](C)[C@H](O)[C@@H](O)[C@H]1O. The van der Waals surface area contributed by atoms with Crippen LogP contribution in [0.5, 0.6) is 23.0 Å². The number of carbonyl (C=O) groups is 1. The van der Waals surface area contributed by atoms with E-state index in [1.807, 2.05) is 0 Å². The molecule has 2 aliphatic heterocycles. The third-order valence-corrected chi connectivity index (χ3v) is 7.35. The van der Waals surface area contributed by atoms with E-state index in [2.05, 4.69) is 0 Å². The average Bonchev–Trinajstić information content (AvgIpc) is 2.98. The highest BCUT2D eigenvalue weighted by molar-refractivity contribution is 5.86. The Morgan fingerprint density at radius 2 is 1.45 bits per heavy atom. The number of carboxylic acids is 1. The van der Waals surface area contributed by atoms with E-state index in [0.29, 0.717) is 5.56 Å². The second kappa shape index (κ2) is 12.2. The lowest BCUT2D eigenvalue weighted by Gasteiger charge is -2.39. The number of hydrogen-bond acceptors (Lipinski definition) is 15. The van der Waals surface area contributed by atoms with Crippen LogP contribution in [0.3, 0.4) is 0 Å². The van der Waals surface area contributed by atoms with Crippen molar-refractivity contribution in [1.82, 2.24) is 0 Å². The molecule has 10 atom stereocenters. The molecule has 16 heteroatoms. The first-order chi connectivity index (χ1) is 20.8. The van der Waals surface area contributed by atoms with Gasteiger partial charge in [-0.3, -0.25) is 4.79 Å². The Morgan fingerprint density at radius 3 is 2.11 bits per heavy atom. The summed E-state index contributed by atoms with van der Waals surface area (Å²) in [5.41, 5.74) is -0.522. The number of aliphatic hydroxyl groups is 6. The van der Waals surface area contributed by atoms with E-state index >= 15 is 0 Å². The quantitative estimate of drug-likeness (QED) is 0.152. The fourth-order valence-corrected chi connectivity index (χ4v) is 4.89. The summed E-state index contributed by atoms with van der Waals surface area (Å²) in [5.74, 6) is -2.22. The van der Waals surface area contributed by atoms with Gasteiger partial charge in [0.15, 0.2) is 23.0 Å². The first kappa shape index (κ1) is 31.4. The summed E-state index contributed by atoms with van der Waals surface area (Å²) in [4.78, 5) is 24.4. The summed E-state index contributed by atoms with van der Waals surface area (Å²) in [6.45, 7) is 1.50. The van der Waals surface area contributed by atoms with E-state index < -0.39 is 78.6 Å². The summed E-state index contributed by atoms with van der Waals surface area (Å²) < 4.78 is 33.0. The minimum Gasteiger partial charge on any atom is -0.507 e. The van der Waals surface area contributed by atoms with Gasteiger partial charge in [-0.25, -0.2) is 4.79 Å². The van der Waals surface area contributed by atoms with Gasteiger partial charge in [0.1, 0.15) is 64.9 Å². The maximum absolute atomic E-state index is 13.0. The highest BCUT2D eigenvalue weighted by atomic mass is 16.7. The molecule has 0 bridgehead atoms. The van der Waals surface area contributed by atoms with Crippen molar-refractivity contribution in [1.29, 1.82) is 0 Å². The Balaban J connectivity index is 1.44. The first-order valence-corrected chi connectivity index (χ1v) is 13.3. The summed E-state index contributed by atoms with van der Waals surface area (Å²) in [5, 5.41) is 80.0. The van der Waals surface area contributed by atoms with Crippen LogP contribution in [0.4, 0.5) is 0 Å². The lowest BCUT2D eigenvalue weighted by atomic mass is 9.99. The molecule has 2 aromatic carbocycles. The summed E-state index contributed by atoms with van der Waals surface area (Å²) >= 11 is 0. The molecule has 2 aliphatic rings. The summed E-state index contributed by atoms with van der Waals surface area (Å²) in [6, 6.07) is 7.62. The molecule has 3 aromatic rings. The maximum atomic E-state index is 13.0. The van der Waals surface area contributed by atoms with Crippen molar-refractivity contribution in [3.63, 3.8) is 0 Å². The van der Waals surface area contributed by atoms with Gasteiger partial charge < -0.3 is 69.0 Å². The minimum atomic E-state index is -1.94. The van der Waals surface area contributed by atoms with Crippen molar-refractivity contribution in [2.45, 2.75) is 68.3 Å². The molecule has 2 saturated heterocycles. The van der Waals surface area contributed by atoms with Crippen LogP contribution in [0.2, 0.25) is 0 Å². The number of carboxylic acid groups (broad SMARTS) is 1. The van der Waals surface area contributed by atoms with Crippen LogP contribution in [-0.2, 0) is 14.3 Å². The molecular formula is C28H30O16. The molecular weight excluding hydrogens is 592 g/mol. The van der Waals surface area contributed by atoms with Crippen molar-refractivity contribution >= 4 is 16.9 Å². The maximum Gasteiger partial charge on any atom is 0.335 e. The Kier molecular flexibility index (Phi) is 8.70. The number of aliphatic carboxylic acids is 1. The van der Waals surface area contributed by atoms with Crippen LogP contribution in [0, 0.1) is 0 Å². The van der Waals surface area contributed by atoms with Crippen molar-refractivity contribution in [2.24, 2.45) is 0 Å². The predicted molar refractivity (Wildman–Crippen MR) is 144 cm³/mol. The van der Waals surface area contributed by atoms with Gasteiger partial charge in [-0.2, -0.15) is 0 Å². The van der Waals surface area contributed by atoms with E-state index in [1.165, 1.54) is 38.3 Å². The molecule has 0 aliphatic carbocycles. The Hall–Kier alpha value is -4.00. The minimum absolute atomic E-state index is 0.00320. The number of ether oxygens (including phenoxy) is 5. The standard InChI is InChI=1S/C28H30O16/c1-9-19(31)20(32)23(35)27(40-9)43-14-4-3-10(5-16(14)39-2)15-8-13(30)18-12(29)6-11(7-17(18)42-15)41-28-24(36)21(33)22(34)25(44-28)26(37)38/h3-9,19-25,27-29,31-36H,1-2H3,(H,37,38)/t9-,19-,20+,21-,22-,23+,24+,25-,27-,28+/m0/s1. The van der Waals surface area contributed by atoms with Gasteiger partial charge in [-0.05, 0) is 25.1 Å². The van der Waals surface area contributed by atoms with Crippen LogP contribution in [0.1, 0.15) is 6.92 Å². The zero-order valence-corrected chi connectivity index (χ0v) is 23.1. The number of methoxy groups -OCH3 is 1. The van der Waals surface area contributed by atoms with E-state index in [-0.39, 0.29) is 34.0 Å². The molecule has 238 valence electrons. The number of hydrogen-bond donors (Lipinski definition) is 8. The monoisotopic (exact) mass is 622 g/mol. The number of aliphatic hydroxyl groups excluding tert-OH is 6. The molecule has 44 heavy (non-hydrogen) atoms. The molecule has 1 aromatic heterocycles. The number of phenolic OH excluding ortho intramolecular Hbond substituents is 1. The molecule has 0 unspecified atom stereocenters. The van der Waals surface area contributed by atoms with Crippen molar-refractivity contribution in [2.75, 3.05) is 7.11 Å². The number of aromatic hydroxyl groups is 1. The average molecular weight is 623 g/mol. The van der Waals surface area contributed by atoms with Gasteiger partial charge in [-0.15, -0.1) is 0 Å². The number of benzene rings is 2. The fraction of sp³-hybridized carbons (Fsp3) is 0.429. The Bertz CT molecular complexity index is 1590. The Morgan fingerprint density at radius 1 is 0.795 bits per heavy atom. The van der Waals surface area contributed by atoms with Crippen molar-refractivity contribution in [3.8, 4) is 34.3 Å². The third-order valence-electron chi connectivity index (χ3n) is 7.35. The van der Waals surface area contributed by atoms with Crippen LogP contribution in [-0.4, -0.2) is 115 Å². The third kappa shape index (κ3) is 5.76. The second-order valence-corrected chi connectivity index (χ2v) is 10.3. The molecule has 0 spiro atoms. The molecule has 16 nitrogen and oxygen atoms in total. The fourth-order valence-electron chi connectivity index (χ4n) is 4.89. The molecule has 8 N–H and O–H groups in total. The van der Waals surface area contributed by atoms with E-state index in [0.717, 1.165) is 12.1 Å². The van der Waals surface area contributed by atoms with Crippen molar-refractivity contribution in [3.05, 3.63) is 46.6 Å². The second-order valence-electron chi connectivity index (χ2n) is 10.3. The van der Waals surface area contributed by atoms with Crippen LogP contribution < -0.4 is 19.6 Å². The number of fused-ring (bicyclic) bond motifs is 1. The number of phenols is 1. The molecule has 0 radical (unpaired) electrons. The molecule has 0 saturated carbocycles. The van der Waals surface area contributed by atoms with Gasteiger partial charge in [-0.1, -0.05) is 0 Å².